The molecule has 0 spiro atoms. The second-order valence-corrected chi connectivity index (χ2v) is 4.45. The van der Waals surface area contributed by atoms with Crippen LogP contribution in [0.15, 0.2) is 18.2 Å². The van der Waals surface area contributed by atoms with E-state index in [1.165, 1.54) is 11.1 Å². The van der Waals surface area contributed by atoms with Crippen LogP contribution < -0.4 is 10.1 Å². The normalized spacial score (nSPS) is 14.6. The van der Waals surface area contributed by atoms with E-state index in [4.69, 9.17) is 4.74 Å². The van der Waals surface area contributed by atoms with Crippen molar-refractivity contribution in [3.8, 4) is 5.75 Å². The largest absolute Gasteiger partial charge is 0.489 e. The van der Waals surface area contributed by atoms with Crippen LogP contribution in [0, 0.1) is 13.8 Å². The Kier molecular flexibility index (Phi) is 4.81. The Balaban J connectivity index is 2.72. The molecule has 1 aromatic carbocycles. The standard InChI is InChI=1S/C14H23NO/c1-6-14(15-5)12(4)16-13-8-10(2)7-11(3)9-13/h7-9,12,14-15H,6H2,1-5H3. The molecular weight excluding hydrogens is 198 g/mol. The molecule has 0 bridgehead atoms. The van der Waals surface area contributed by atoms with Crippen LogP contribution in [0.3, 0.4) is 0 Å². The number of aryl methyl sites for hydroxylation is 2. The minimum atomic E-state index is 0.191. The maximum Gasteiger partial charge on any atom is 0.120 e. The lowest BCUT2D eigenvalue weighted by molar-refractivity contribution is 0.171. The third kappa shape index (κ3) is 3.53. The first-order valence-electron chi connectivity index (χ1n) is 5.99. The molecule has 2 unspecified atom stereocenters. The van der Waals surface area contributed by atoms with Crippen LogP contribution in [-0.2, 0) is 0 Å². The summed E-state index contributed by atoms with van der Waals surface area (Å²) in [6.07, 6.45) is 1.26. The van der Waals surface area contributed by atoms with Gasteiger partial charge < -0.3 is 10.1 Å². The van der Waals surface area contributed by atoms with Crippen molar-refractivity contribution >= 4 is 0 Å². The predicted octanol–water partition coefficient (Wildman–Crippen LogP) is 3.07. The maximum absolute atomic E-state index is 5.96. The average molecular weight is 221 g/mol. The van der Waals surface area contributed by atoms with Gasteiger partial charge in [-0.1, -0.05) is 13.0 Å². The molecule has 90 valence electrons. The summed E-state index contributed by atoms with van der Waals surface area (Å²) >= 11 is 0. The third-order valence-electron chi connectivity index (χ3n) is 2.89. The Morgan fingerprint density at radius 1 is 1.19 bits per heavy atom. The van der Waals surface area contributed by atoms with Crippen molar-refractivity contribution in [2.45, 2.75) is 46.3 Å². The van der Waals surface area contributed by atoms with E-state index in [2.05, 4.69) is 51.2 Å². The van der Waals surface area contributed by atoms with Crippen LogP contribution in [0.5, 0.6) is 5.75 Å². The van der Waals surface area contributed by atoms with Crippen LogP contribution in [0.2, 0.25) is 0 Å². The number of ether oxygens (including phenoxy) is 1. The summed E-state index contributed by atoms with van der Waals surface area (Å²) < 4.78 is 5.96. The van der Waals surface area contributed by atoms with Crippen LogP contribution in [0.25, 0.3) is 0 Å². The summed E-state index contributed by atoms with van der Waals surface area (Å²) in [5.74, 6) is 0.971. The van der Waals surface area contributed by atoms with Gasteiger partial charge in [-0.25, -0.2) is 0 Å². The quantitative estimate of drug-likeness (QED) is 0.825. The van der Waals surface area contributed by atoms with E-state index in [1.54, 1.807) is 0 Å². The van der Waals surface area contributed by atoms with E-state index in [0.717, 1.165) is 12.2 Å². The molecule has 1 N–H and O–H groups in total. The van der Waals surface area contributed by atoms with Crippen LogP contribution >= 0.6 is 0 Å². The van der Waals surface area contributed by atoms with Gasteiger partial charge in [-0.05, 0) is 57.5 Å². The Bertz CT molecular complexity index is 311. The molecule has 16 heavy (non-hydrogen) atoms. The first-order valence-corrected chi connectivity index (χ1v) is 5.99. The predicted molar refractivity (Wildman–Crippen MR) is 69.1 cm³/mol. The summed E-state index contributed by atoms with van der Waals surface area (Å²) in [4.78, 5) is 0. The van der Waals surface area contributed by atoms with Crippen molar-refractivity contribution in [2.24, 2.45) is 0 Å². The molecule has 1 aromatic rings. The van der Waals surface area contributed by atoms with Crippen molar-refractivity contribution in [1.82, 2.24) is 5.32 Å². The first kappa shape index (κ1) is 13.0. The monoisotopic (exact) mass is 221 g/mol. The molecule has 0 saturated heterocycles. The number of nitrogens with one attached hydrogen (secondary N) is 1. The SMILES string of the molecule is CCC(NC)C(C)Oc1cc(C)cc(C)c1. The van der Waals surface area contributed by atoms with Gasteiger partial charge in [0.2, 0.25) is 0 Å². The van der Waals surface area contributed by atoms with Crippen LogP contribution in [0.1, 0.15) is 31.4 Å². The van der Waals surface area contributed by atoms with E-state index in [-0.39, 0.29) is 6.10 Å². The van der Waals surface area contributed by atoms with E-state index < -0.39 is 0 Å². The fourth-order valence-corrected chi connectivity index (χ4v) is 2.07. The lowest BCUT2D eigenvalue weighted by atomic mass is 10.1. The number of hydrogen-bond acceptors (Lipinski definition) is 2. The van der Waals surface area contributed by atoms with E-state index in [0.29, 0.717) is 6.04 Å². The molecule has 0 saturated carbocycles. The molecule has 0 aliphatic rings. The molecule has 2 atom stereocenters. The van der Waals surface area contributed by atoms with Crippen molar-refractivity contribution in [1.29, 1.82) is 0 Å². The first-order chi connectivity index (χ1) is 7.56. The molecule has 0 aliphatic heterocycles. The molecule has 0 fully saturated rings. The van der Waals surface area contributed by atoms with Gasteiger partial charge in [0.25, 0.3) is 0 Å². The van der Waals surface area contributed by atoms with Crippen LogP contribution in [0.4, 0.5) is 0 Å². The number of rotatable bonds is 5. The highest BCUT2D eigenvalue weighted by atomic mass is 16.5. The summed E-state index contributed by atoms with van der Waals surface area (Å²) in [7, 11) is 1.98. The van der Waals surface area contributed by atoms with Gasteiger partial charge >= 0.3 is 0 Å². The van der Waals surface area contributed by atoms with E-state index in [1.807, 2.05) is 7.05 Å². The maximum atomic E-state index is 5.96. The molecule has 0 aromatic heterocycles. The van der Waals surface area contributed by atoms with Gasteiger partial charge in [0.1, 0.15) is 11.9 Å². The zero-order chi connectivity index (χ0) is 12.1. The zero-order valence-electron chi connectivity index (χ0n) is 11.0. The highest BCUT2D eigenvalue weighted by Gasteiger charge is 2.14. The average Bonchev–Trinajstić information content (AvgIpc) is 2.17. The summed E-state index contributed by atoms with van der Waals surface area (Å²) in [6, 6.07) is 6.74. The molecule has 2 heteroatoms. The van der Waals surface area contributed by atoms with Gasteiger partial charge in [-0.15, -0.1) is 0 Å². The van der Waals surface area contributed by atoms with Crippen molar-refractivity contribution < 1.29 is 4.74 Å². The lowest BCUT2D eigenvalue weighted by Gasteiger charge is -2.23. The van der Waals surface area contributed by atoms with E-state index >= 15 is 0 Å². The summed E-state index contributed by atoms with van der Waals surface area (Å²) in [6.45, 7) is 8.48. The van der Waals surface area contributed by atoms with Crippen LogP contribution in [-0.4, -0.2) is 19.2 Å². The second kappa shape index (κ2) is 5.90. The number of benzene rings is 1. The van der Waals surface area contributed by atoms with Gasteiger partial charge in [0, 0.05) is 6.04 Å². The molecule has 0 heterocycles. The Morgan fingerprint density at radius 3 is 2.19 bits per heavy atom. The van der Waals surface area contributed by atoms with Gasteiger partial charge in [-0.2, -0.15) is 0 Å². The fourth-order valence-electron chi connectivity index (χ4n) is 2.07. The minimum absolute atomic E-state index is 0.191. The highest BCUT2D eigenvalue weighted by Crippen LogP contribution is 2.18. The Hall–Kier alpha value is -1.02. The third-order valence-corrected chi connectivity index (χ3v) is 2.89. The number of likely N-dealkylation sites (N-methyl/N-ethyl adjacent to an activating group) is 1. The van der Waals surface area contributed by atoms with Gasteiger partial charge in [0.15, 0.2) is 0 Å². The topological polar surface area (TPSA) is 21.3 Å². The molecule has 1 rings (SSSR count). The summed E-state index contributed by atoms with van der Waals surface area (Å²) in [5.41, 5.74) is 2.50. The smallest absolute Gasteiger partial charge is 0.120 e. The zero-order valence-corrected chi connectivity index (χ0v) is 11.0. The second-order valence-electron chi connectivity index (χ2n) is 4.45. The molecule has 0 amide bonds. The Morgan fingerprint density at radius 2 is 1.75 bits per heavy atom. The minimum Gasteiger partial charge on any atom is -0.489 e. The molecule has 2 nitrogen and oxygen atoms in total. The lowest BCUT2D eigenvalue weighted by Crippen LogP contribution is -2.38. The van der Waals surface area contributed by atoms with Crippen molar-refractivity contribution in [3.05, 3.63) is 29.3 Å². The number of hydrogen-bond donors (Lipinski definition) is 1. The van der Waals surface area contributed by atoms with Crippen molar-refractivity contribution in [3.63, 3.8) is 0 Å². The molecule has 0 radical (unpaired) electrons. The van der Waals surface area contributed by atoms with Crippen molar-refractivity contribution in [2.75, 3.05) is 7.05 Å². The summed E-state index contributed by atoms with van der Waals surface area (Å²) in [5, 5.41) is 3.28. The Labute approximate surface area is 99.0 Å². The molecular formula is C14H23NO. The van der Waals surface area contributed by atoms with E-state index in [9.17, 15) is 0 Å². The molecule has 0 aliphatic carbocycles. The van der Waals surface area contributed by atoms with Gasteiger partial charge in [-0.3, -0.25) is 0 Å². The highest BCUT2D eigenvalue weighted by molar-refractivity contribution is 5.33. The fraction of sp³-hybridized carbons (Fsp3) is 0.571. The van der Waals surface area contributed by atoms with Gasteiger partial charge in [0.05, 0.1) is 0 Å².